The van der Waals surface area contributed by atoms with Crippen LogP contribution < -0.4 is 20.7 Å². The Bertz CT molecular complexity index is 1290. The van der Waals surface area contributed by atoms with Gasteiger partial charge < -0.3 is 25.4 Å². The fourth-order valence-corrected chi connectivity index (χ4v) is 4.14. The van der Waals surface area contributed by atoms with Gasteiger partial charge in [-0.15, -0.1) is 0 Å². The van der Waals surface area contributed by atoms with Crippen molar-refractivity contribution in [1.29, 1.82) is 5.26 Å². The van der Waals surface area contributed by atoms with Crippen LogP contribution in [0.3, 0.4) is 0 Å². The number of carbonyl (C=O) groups is 1. The number of nitrogens with zero attached hydrogens (tertiary/aromatic N) is 4. The summed E-state index contributed by atoms with van der Waals surface area (Å²) >= 11 is 0. The van der Waals surface area contributed by atoms with E-state index in [9.17, 15) is 10.1 Å². The average molecular weight is 471 g/mol. The predicted octanol–water partition coefficient (Wildman–Crippen LogP) is 2.86. The summed E-state index contributed by atoms with van der Waals surface area (Å²) in [7, 11) is 0. The van der Waals surface area contributed by atoms with Gasteiger partial charge in [-0.05, 0) is 32.0 Å². The van der Waals surface area contributed by atoms with Crippen LogP contribution in [-0.2, 0) is 9.53 Å². The van der Waals surface area contributed by atoms with Gasteiger partial charge in [0.05, 0.1) is 53.7 Å². The van der Waals surface area contributed by atoms with Gasteiger partial charge in [0.2, 0.25) is 5.91 Å². The monoisotopic (exact) mass is 470 g/mol. The fraction of sp³-hybridized carbons (Fsp3) is 0.320. The molecule has 35 heavy (non-hydrogen) atoms. The third-order valence-electron chi connectivity index (χ3n) is 5.90. The van der Waals surface area contributed by atoms with Crippen molar-refractivity contribution in [2.24, 2.45) is 0 Å². The number of aromatic nitrogens is 3. The van der Waals surface area contributed by atoms with Crippen molar-refractivity contribution < 1.29 is 14.3 Å². The van der Waals surface area contributed by atoms with Gasteiger partial charge in [-0.3, -0.25) is 9.78 Å². The number of nitrogens with one attached hydrogen (secondary N) is 3. The molecule has 2 fully saturated rings. The number of hydrogen-bond donors (Lipinski definition) is 3. The van der Waals surface area contributed by atoms with E-state index in [0.717, 1.165) is 37.9 Å². The molecule has 1 unspecified atom stereocenters. The number of amides is 1. The highest BCUT2D eigenvalue weighted by Gasteiger charge is 2.21. The molecule has 1 radical (unpaired) electrons. The van der Waals surface area contributed by atoms with Crippen LogP contribution in [0.2, 0.25) is 0 Å². The molecule has 0 spiro atoms. The Labute approximate surface area is 202 Å². The highest BCUT2D eigenvalue weighted by molar-refractivity contribution is 6.05. The van der Waals surface area contributed by atoms with Gasteiger partial charge in [-0.25, -0.2) is 9.97 Å². The molecule has 0 bridgehead atoms. The maximum atomic E-state index is 12.9. The summed E-state index contributed by atoms with van der Waals surface area (Å²) in [6, 6.07) is 5.74. The molecule has 3 N–H and O–H groups in total. The summed E-state index contributed by atoms with van der Waals surface area (Å²) < 4.78 is 11.7. The van der Waals surface area contributed by atoms with E-state index >= 15 is 0 Å². The Hall–Kier alpha value is -4.07. The molecule has 1 atom stereocenters. The molecule has 2 aliphatic rings. The number of nitriles is 1. The number of hydrogen-bond acceptors (Lipinski definition) is 9. The van der Waals surface area contributed by atoms with Crippen LogP contribution in [0.1, 0.15) is 24.8 Å². The van der Waals surface area contributed by atoms with E-state index in [1.165, 1.54) is 6.20 Å². The Morgan fingerprint density at radius 1 is 1.26 bits per heavy atom. The molecule has 5 rings (SSSR count). The van der Waals surface area contributed by atoms with Crippen molar-refractivity contribution in [3.05, 3.63) is 54.3 Å². The summed E-state index contributed by atoms with van der Waals surface area (Å²) in [5.41, 5.74) is 3.69. The second-order valence-electron chi connectivity index (χ2n) is 8.37. The maximum absolute atomic E-state index is 12.9. The van der Waals surface area contributed by atoms with Crippen LogP contribution in [0.4, 0.5) is 17.1 Å². The van der Waals surface area contributed by atoms with Crippen LogP contribution in [0.5, 0.6) is 5.75 Å². The molecule has 4 heterocycles. The lowest BCUT2D eigenvalue weighted by molar-refractivity contribution is -0.112. The van der Waals surface area contributed by atoms with Crippen molar-refractivity contribution in [3.63, 3.8) is 0 Å². The van der Waals surface area contributed by atoms with Crippen molar-refractivity contribution in [3.8, 4) is 11.8 Å². The summed E-state index contributed by atoms with van der Waals surface area (Å²) in [6.45, 7) is 2.85. The van der Waals surface area contributed by atoms with Gasteiger partial charge in [-0.1, -0.05) is 5.57 Å². The first-order valence-corrected chi connectivity index (χ1v) is 11.5. The van der Waals surface area contributed by atoms with Gasteiger partial charge in [-0.2, -0.15) is 5.26 Å². The summed E-state index contributed by atoms with van der Waals surface area (Å²) in [5.74, 6) is 0.283. The number of benzene rings is 1. The number of ether oxygens (including phenoxy) is 2. The number of rotatable bonds is 6. The normalized spacial score (nSPS) is 17.6. The summed E-state index contributed by atoms with van der Waals surface area (Å²) in [4.78, 5) is 25.2. The number of anilines is 3. The summed E-state index contributed by atoms with van der Waals surface area (Å²) in [6.07, 6.45) is 11.1. The zero-order chi connectivity index (χ0) is 24.0. The molecule has 10 heteroatoms. The highest BCUT2D eigenvalue weighted by atomic mass is 16.5. The molecule has 1 aromatic carbocycles. The second kappa shape index (κ2) is 10.5. The molecule has 10 nitrogen and oxygen atoms in total. The first-order valence-electron chi connectivity index (χ1n) is 11.5. The van der Waals surface area contributed by atoms with Crippen molar-refractivity contribution in [1.82, 2.24) is 20.3 Å². The van der Waals surface area contributed by atoms with E-state index in [0.29, 0.717) is 52.5 Å². The summed E-state index contributed by atoms with van der Waals surface area (Å²) in [5, 5.41) is 19.8. The number of pyridine rings is 1. The Balaban J connectivity index is 1.55. The third kappa shape index (κ3) is 5.37. The van der Waals surface area contributed by atoms with Crippen LogP contribution in [-0.4, -0.2) is 53.3 Å². The number of fused-ring (bicyclic) bond motifs is 1. The molecule has 2 aliphatic heterocycles. The van der Waals surface area contributed by atoms with Crippen molar-refractivity contribution in [2.45, 2.75) is 25.4 Å². The Kier molecular flexibility index (Phi) is 6.79. The van der Waals surface area contributed by atoms with Gasteiger partial charge in [0.25, 0.3) is 0 Å². The first-order chi connectivity index (χ1) is 17.2. The molecule has 2 aromatic heterocycles. The van der Waals surface area contributed by atoms with Gasteiger partial charge in [0.15, 0.2) is 6.33 Å². The molecule has 3 aromatic rings. The van der Waals surface area contributed by atoms with Gasteiger partial charge in [0, 0.05) is 30.1 Å². The van der Waals surface area contributed by atoms with Crippen LogP contribution in [0, 0.1) is 17.7 Å². The van der Waals surface area contributed by atoms with Crippen molar-refractivity contribution in [2.75, 3.05) is 36.9 Å². The van der Waals surface area contributed by atoms with Crippen LogP contribution >= 0.6 is 0 Å². The highest BCUT2D eigenvalue weighted by Crippen LogP contribution is 2.37. The molecular weight excluding hydrogens is 446 g/mol. The van der Waals surface area contributed by atoms with E-state index in [1.807, 2.05) is 0 Å². The lowest BCUT2D eigenvalue weighted by atomic mass is 10.0. The smallest absolute Gasteiger partial charge is 0.248 e. The first kappa shape index (κ1) is 22.7. The average Bonchev–Trinajstić information content (AvgIpc) is 3.39. The minimum absolute atomic E-state index is 0.112. The molecule has 0 saturated carbocycles. The van der Waals surface area contributed by atoms with Crippen LogP contribution in [0.15, 0.2) is 42.4 Å². The van der Waals surface area contributed by atoms with Crippen LogP contribution in [0.25, 0.3) is 10.9 Å². The molecule has 1 amide bonds. The Morgan fingerprint density at radius 3 is 2.83 bits per heavy atom. The number of piperidine rings is 1. The number of carbonyl (C=O) groups excluding carboxylic acids is 1. The van der Waals surface area contributed by atoms with E-state index < -0.39 is 0 Å². The van der Waals surface area contributed by atoms with E-state index in [2.05, 4.69) is 43.3 Å². The lowest BCUT2D eigenvalue weighted by Gasteiger charge is -2.19. The van der Waals surface area contributed by atoms with E-state index in [-0.39, 0.29) is 12.0 Å². The second-order valence-corrected chi connectivity index (χ2v) is 8.37. The largest absolute Gasteiger partial charge is 0.486 e. The molecule has 177 valence electrons. The zero-order valence-electron chi connectivity index (χ0n) is 19.0. The van der Waals surface area contributed by atoms with Crippen molar-refractivity contribution >= 4 is 33.9 Å². The van der Waals surface area contributed by atoms with E-state index in [1.54, 1.807) is 30.6 Å². The van der Waals surface area contributed by atoms with Gasteiger partial charge >= 0.3 is 0 Å². The quantitative estimate of drug-likeness (QED) is 0.465. The fourth-order valence-electron chi connectivity index (χ4n) is 4.14. The molecule has 2 saturated heterocycles. The third-order valence-corrected chi connectivity index (χ3v) is 5.90. The molecule has 0 aliphatic carbocycles. The SMILES string of the molecule is N#Cc1cnc2cc(OC3CCOC3)c(NC(=O)C=C3CCNCC3)cc2c1Nc1cn[c]nc1. The standard InChI is InChI=1S/C25H24N7O3/c26-10-17-11-30-21-9-23(35-19-3-6-34-14-19)22(32-24(33)7-16-1-4-27-5-2-16)8-20(21)25(17)31-18-12-28-15-29-13-18/h7-9,11-13,19,27H,1-6,14H2,(H,30,31)(H,32,33). The minimum Gasteiger partial charge on any atom is -0.486 e. The lowest BCUT2D eigenvalue weighted by Crippen LogP contribution is -2.24. The molecular formula is C25H24N7O3. The zero-order valence-corrected chi connectivity index (χ0v) is 19.0. The Morgan fingerprint density at radius 2 is 2.09 bits per heavy atom. The minimum atomic E-state index is -0.223. The van der Waals surface area contributed by atoms with Gasteiger partial charge in [0.1, 0.15) is 17.9 Å². The topological polar surface area (TPSA) is 134 Å². The predicted molar refractivity (Wildman–Crippen MR) is 129 cm³/mol. The van der Waals surface area contributed by atoms with E-state index in [4.69, 9.17) is 9.47 Å². The maximum Gasteiger partial charge on any atom is 0.248 e.